The van der Waals surface area contributed by atoms with Gasteiger partial charge in [0, 0.05) is 37.6 Å². The van der Waals surface area contributed by atoms with Crippen LogP contribution < -0.4 is 10.6 Å². The van der Waals surface area contributed by atoms with E-state index in [0.29, 0.717) is 55.6 Å². The summed E-state index contributed by atoms with van der Waals surface area (Å²) in [6.07, 6.45) is 17.5. The molecule has 4 saturated carbocycles. The number of allylic oxidation sites excluding steroid dienone is 1. The fraction of sp³-hybridized carbons (Fsp3) is 0.804. The number of aromatic nitrogens is 3. The van der Waals surface area contributed by atoms with Gasteiger partial charge in [0.25, 0.3) is 0 Å². The zero-order valence-corrected chi connectivity index (χ0v) is 37.1. The predicted molar refractivity (Wildman–Crippen MR) is 228 cm³/mol. The number of hydrogen-bond donors (Lipinski definition) is 2. The van der Waals surface area contributed by atoms with Gasteiger partial charge in [-0.2, -0.15) is 11.8 Å². The number of ketones is 1. The van der Waals surface area contributed by atoms with Crippen LogP contribution >= 0.6 is 11.8 Å². The summed E-state index contributed by atoms with van der Waals surface area (Å²) < 4.78 is 14.1. The smallest absolute Gasteiger partial charge is 0.312 e. The number of Topliss-reactive ketones (excluding diaryl/α,β-unsaturated/α-hetero) is 1. The van der Waals surface area contributed by atoms with Gasteiger partial charge in [0.1, 0.15) is 11.8 Å². The molecule has 0 aromatic carbocycles. The Labute approximate surface area is 356 Å². The minimum Gasteiger partial charge on any atom is -0.465 e. The lowest BCUT2D eigenvalue weighted by molar-refractivity contribution is -0.235. The van der Waals surface area contributed by atoms with Crippen LogP contribution in [0.3, 0.4) is 0 Å². The number of nitrogens with zero attached hydrogens (tertiary/aromatic N) is 3. The zero-order valence-electron chi connectivity index (χ0n) is 36.3. The minimum absolute atomic E-state index is 0.0241. The van der Waals surface area contributed by atoms with E-state index in [-0.39, 0.29) is 59.2 Å². The number of amides is 2. The van der Waals surface area contributed by atoms with E-state index in [2.05, 4.69) is 48.3 Å². The fourth-order valence-electron chi connectivity index (χ4n) is 11.6. The Kier molecular flexibility index (Phi) is 15.8. The number of aryl methyl sites for hydroxylation is 1. The van der Waals surface area contributed by atoms with Crippen LogP contribution in [0.2, 0.25) is 0 Å². The zero-order chi connectivity index (χ0) is 42.2. The number of cyclic esters (lactones) is 1. The van der Waals surface area contributed by atoms with Crippen molar-refractivity contribution in [3.8, 4) is 0 Å². The van der Waals surface area contributed by atoms with Gasteiger partial charge in [0.15, 0.2) is 5.78 Å². The number of carbonyl (C=O) groups excluding carboxylic acids is 5. The summed E-state index contributed by atoms with van der Waals surface area (Å²) >= 11 is 1.93. The first-order valence-corrected chi connectivity index (χ1v) is 24.1. The van der Waals surface area contributed by atoms with Crippen molar-refractivity contribution in [3.63, 3.8) is 0 Å². The number of hydrogen-bond acceptors (Lipinski definition) is 10. The molecule has 6 aliphatic rings. The van der Waals surface area contributed by atoms with E-state index in [9.17, 15) is 24.0 Å². The molecule has 1 aromatic heterocycles. The Morgan fingerprint density at radius 3 is 2.51 bits per heavy atom. The van der Waals surface area contributed by atoms with E-state index in [0.717, 1.165) is 114 Å². The van der Waals surface area contributed by atoms with Crippen LogP contribution in [0.1, 0.15) is 155 Å². The highest BCUT2D eigenvalue weighted by atomic mass is 32.2. The van der Waals surface area contributed by atoms with Crippen LogP contribution in [0.5, 0.6) is 0 Å². The van der Waals surface area contributed by atoms with E-state index < -0.39 is 16.9 Å². The molecule has 13 heteroatoms. The molecule has 2 amide bonds. The lowest BCUT2D eigenvalue weighted by Crippen LogP contribution is -2.70. The molecular weight excluding hydrogens is 767 g/mol. The van der Waals surface area contributed by atoms with Crippen LogP contribution in [0.4, 0.5) is 0 Å². The third kappa shape index (κ3) is 10.1. The molecular formula is C46H71N5O7S. The van der Waals surface area contributed by atoms with Gasteiger partial charge in [-0.15, -0.1) is 5.10 Å². The second-order valence-electron chi connectivity index (χ2n) is 18.8. The number of ether oxygens (including phenoxy) is 2. The van der Waals surface area contributed by atoms with Crippen molar-refractivity contribution in [3.05, 3.63) is 24.0 Å². The molecule has 10 atom stereocenters. The number of esters is 2. The molecule has 12 nitrogen and oxygen atoms in total. The summed E-state index contributed by atoms with van der Waals surface area (Å²) in [5.74, 6) is 1.37. The van der Waals surface area contributed by atoms with Crippen molar-refractivity contribution in [2.45, 2.75) is 180 Å². The second kappa shape index (κ2) is 20.6. The molecule has 2 aliphatic heterocycles. The molecule has 2 bridgehead atoms. The van der Waals surface area contributed by atoms with Crippen LogP contribution in [-0.2, 0) is 46.5 Å². The predicted octanol–water partition coefficient (Wildman–Crippen LogP) is 7.67. The SMILES string of the molecule is C=C1C(=O)[C@]23CC[C@H]1CC2C1(CCCC)C(=O)OC[C@@H](C)C1C[C@H]3OC(=O)CCCCCCCCCn1cc(CNC(=O)CCCC[C@H]2SC[C@@H](C)[C@H]2NC(C)=O)nn1. The Balaban J connectivity index is 0.847. The minimum atomic E-state index is -0.874. The molecule has 2 N–H and O–H groups in total. The first-order chi connectivity index (χ1) is 28.4. The van der Waals surface area contributed by atoms with Crippen LogP contribution in [0.15, 0.2) is 18.3 Å². The van der Waals surface area contributed by atoms with Gasteiger partial charge >= 0.3 is 11.9 Å². The van der Waals surface area contributed by atoms with Gasteiger partial charge in [-0.3, -0.25) is 28.7 Å². The Morgan fingerprint density at radius 2 is 1.75 bits per heavy atom. The summed E-state index contributed by atoms with van der Waals surface area (Å²) in [7, 11) is 0. The molecule has 328 valence electrons. The molecule has 0 radical (unpaired) electrons. The number of thioether (sulfide) groups is 1. The highest BCUT2D eigenvalue weighted by Crippen LogP contribution is 2.69. The quantitative estimate of drug-likeness (QED) is 0.0675. The van der Waals surface area contributed by atoms with E-state index in [1.165, 1.54) is 0 Å². The van der Waals surface area contributed by atoms with Gasteiger partial charge in [-0.05, 0) is 98.7 Å². The second-order valence-corrected chi connectivity index (χ2v) is 20.0. The van der Waals surface area contributed by atoms with Crippen molar-refractivity contribution < 1.29 is 33.4 Å². The van der Waals surface area contributed by atoms with E-state index >= 15 is 0 Å². The average Bonchev–Trinajstić information content (AvgIpc) is 3.82. The maximum Gasteiger partial charge on any atom is 0.312 e. The van der Waals surface area contributed by atoms with E-state index in [4.69, 9.17) is 9.47 Å². The maximum atomic E-state index is 14.2. The van der Waals surface area contributed by atoms with E-state index in [1.54, 1.807) is 6.92 Å². The summed E-state index contributed by atoms with van der Waals surface area (Å²) in [5, 5.41) is 15.0. The number of rotatable bonds is 22. The largest absolute Gasteiger partial charge is 0.465 e. The lowest BCUT2D eigenvalue weighted by Gasteiger charge is -2.66. The van der Waals surface area contributed by atoms with Crippen molar-refractivity contribution in [2.75, 3.05) is 12.4 Å². The summed E-state index contributed by atoms with van der Waals surface area (Å²) in [6, 6.07) is 0.221. The van der Waals surface area contributed by atoms with E-state index in [1.807, 2.05) is 22.6 Å². The van der Waals surface area contributed by atoms with Gasteiger partial charge in [-0.1, -0.05) is 83.9 Å². The molecule has 1 spiro atoms. The standard InChI is InChI=1S/C46H71N5O7S/c1-6-7-21-45-36(30(2)28-57-44(45)56)25-39(46-22-20-34(24-38(45)46)32(4)43(46)55)58-41(54)19-13-11-9-8-10-12-16-23-51-27-35(49-50-51)26-47-40(53)18-15-14-17-37-42(48-33(5)52)31(3)29-59-37/h27,30-31,34,36-39,42H,4,6-26,28-29H2,1-3,5H3,(H,47,53)(H,48,52)/t30-,31-,34+,36?,37-,38?,39-,42-,45?,46-/m1/s1. The summed E-state index contributed by atoms with van der Waals surface area (Å²) in [6.45, 7) is 13.8. The van der Waals surface area contributed by atoms with Crippen molar-refractivity contribution in [1.82, 2.24) is 25.6 Å². The first-order valence-electron chi connectivity index (χ1n) is 23.0. The molecule has 3 unspecified atom stereocenters. The highest BCUT2D eigenvalue weighted by molar-refractivity contribution is 8.00. The van der Waals surface area contributed by atoms with Gasteiger partial charge in [-0.25, -0.2) is 0 Å². The van der Waals surface area contributed by atoms with Crippen molar-refractivity contribution >= 4 is 41.3 Å². The van der Waals surface area contributed by atoms with Crippen molar-refractivity contribution in [1.29, 1.82) is 0 Å². The molecule has 7 rings (SSSR count). The topological polar surface area (TPSA) is 159 Å². The normalized spacial score (nSPS) is 32.3. The third-order valence-corrected chi connectivity index (χ3v) is 16.4. The van der Waals surface area contributed by atoms with Crippen LogP contribution in [0.25, 0.3) is 0 Å². The average molecular weight is 838 g/mol. The fourth-order valence-corrected chi connectivity index (χ4v) is 13.3. The Morgan fingerprint density at radius 1 is 1.00 bits per heavy atom. The summed E-state index contributed by atoms with van der Waals surface area (Å²) in [5.41, 5.74) is -0.153. The molecule has 2 saturated heterocycles. The lowest BCUT2D eigenvalue weighted by atomic mass is 9.37. The van der Waals surface area contributed by atoms with Crippen molar-refractivity contribution in [2.24, 2.45) is 40.4 Å². The summed E-state index contributed by atoms with van der Waals surface area (Å²) in [4.78, 5) is 65.5. The Hall–Kier alpha value is -3.22. The van der Waals surface area contributed by atoms with Gasteiger partial charge in [0.05, 0.1) is 30.2 Å². The van der Waals surface area contributed by atoms with Crippen LogP contribution in [0, 0.1) is 40.4 Å². The van der Waals surface area contributed by atoms with Gasteiger partial charge < -0.3 is 20.1 Å². The monoisotopic (exact) mass is 838 g/mol. The Bertz CT molecular complexity index is 1670. The number of unbranched alkanes of at least 4 members (excludes halogenated alkanes) is 8. The maximum absolute atomic E-state index is 14.2. The first kappa shape index (κ1) is 45.3. The number of fused-ring (bicyclic) bond motifs is 3. The molecule has 3 heterocycles. The third-order valence-electron chi connectivity index (χ3n) is 14.8. The molecule has 59 heavy (non-hydrogen) atoms. The number of carbonyl (C=O) groups is 5. The van der Waals surface area contributed by atoms with Crippen LogP contribution in [-0.4, -0.2) is 74.3 Å². The van der Waals surface area contributed by atoms with Gasteiger partial charge in [0.2, 0.25) is 11.8 Å². The number of nitrogens with one attached hydrogen (secondary N) is 2. The molecule has 1 aromatic rings. The molecule has 4 aliphatic carbocycles. The molecule has 6 fully saturated rings. The highest BCUT2D eigenvalue weighted by Gasteiger charge is 2.73.